The third-order valence-corrected chi connectivity index (χ3v) is 4.93. The zero-order chi connectivity index (χ0) is 16.2. The Bertz CT molecular complexity index is 409. The number of hydrogen-bond acceptors (Lipinski definition) is 4. The molecule has 0 aromatic heterocycles. The van der Waals surface area contributed by atoms with Crippen LogP contribution in [0.1, 0.15) is 12.8 Å². The molecule has 1 N–H and O–H groups in total. The molecular weight excluding hydrogens is 317 g/mol. The van der Waals surface area contributed by atoms with Crippen molar-refractivity contribution in [1.82, 2.24) is 10.2 Å². The number of nitrogens with zero attached hydrogens (tertiary/aromatic N) is 1. The van der Waals surface area contributed by atoms with Crippen LogP contribution in [0.4, 0.5) is 13.2 Å². The van der Waals surface area contributed by atoms with Crippen molar-refractivity contribution in [3.63, 3.8) is 0 Å². The van der Waals surface area contributed by atoms with Gasteiger partial charge in [-0.2, -0.15) is 24.9 Å². The number of ether oxygens (including phenoxy) is 1. The van der Waals surface area contributed by atoms with E-state index in [4.69, 9.17) is 4.74 Å². The van der Waals surface area contributed by atoms with Crippen LogP contribution >= 0.6 is 11.8 Å². The molecule has 2 heterocycles. The van der Waals surface area contributed by atoms with Gasteiger partial charge in [0.05, 0.1) is 6.61 Å². The van der Waals surface area contributed by atoms with Crippen LogP contribution in [0.25, 0.3) is 0 Å². The highest BCUT2D eigenvalue weighted by molar-refractivity contribution is 7.99. The number of alkyl halides is 3. The number of piperidine rings is 1. The zero-order valence-electron chi connectivity index (χ0n) is 12.4. The first-order chi connectivity index (χ1) is 10.4. The Kier molecular flexibility index (Phi) is 6.17. The van der Waals surface area contributed by atoms with Crippen LogP contribution < -0.4 is 5.32 Å². The van der Waals surface area contributed by atoms with Gasteiger partial charge in [-0.25, -0.2) is 0 Å². The molecule has 0 aromatic carbocycles. The number of nitrogens with one attached hydrogen (secondary N) is 1. The first kappa shape index (κ1) is 17.6. The van der Waals surface area contributed by atoms with Crippen molar-refractivity contribution in [3.05, 3.63) is 12.2 Å². The van der Waals surface area contributed by atoms with Gasteiger partial charge in [-0.1, -0.05) is 6.08 Å². The average molecular weight is 338 g/mol. The summed E-state index contributed by atoms with van der Waals surface area (Å²) >= 11 is 1.66. The standard InChI is InChI=1S/C14H21F3N2O2S/c1-22-11-7-19(9-21-8-11)13(20)5-3-10-2-4-12(18-6-10)14(15,16)17/h3,5,10-12,18H,2,4,6-9H2,1H3/b5-3+. The predicted octanol–water partition coefficient (Wildman–Crippen LogP) is 2.02. The predicted molar refractivity (Wildman–Crippen MR) is 79.5 cm³/mol. The van der Waals surface area contributed by atoms with Gasteiger partial charge in [0.25, 0.3) is 0 Å². The van der Waals surface area contributed by atoms with E-state index >= 15 is 0 Å². The molecule has 2 aliphatic rings. The number of hydrogen-bond donors (Lipinski definition) is 1. The van der Waals surface area contributed by atoms with E-state index in [2.05, 4.69) is 5.32 Å². The Labute approximate surface area is 132 Å². The highest BCUT2D eigenvalue weighted by Crippen LogP contribution is 2.28. The Morgan fingerprint density at radius 3 is 2.77 bits per heavy atom. The second-order valence-electron chi connectivity index (χ2n) is 5.62. The van der Waals surface area contributed by atoms with Crippen molar-refractivity contribution in [2.24, 2.45) is 5.92 Å². The van der Waals surface area contributed by atoms with Crippen molar-refractivity contribution in [2.45, 2.75) is 30.3 Å². The van der Waals surface area contributed by atoms with Crippen LogP contribution in [0.5, 0.6) is 0 Å². The lowest BCUT2D eigenvalue weighted by Gasteiger charge is -2.31. The average Bonchev–Trinajstić information content (AvgIpc) is 2.52. The first-order valence-corrected chi connectivity index (χ1v) is 8.56. The molecule has 0 aromatic rings. The van der Waals surface area contributed by atoms with Crippen LogP contribution in [-0.2, 0) is 9.53 Å². The molecule has 2 aliphatic heterocycles. The third kappa shape index (κ3) is 4.89. The molecule has 3 unspecified atom stereocenters. The smallest absolute Gasteiger partial charge is 0.360 e. The lowest BCUT2D eigenvalue weighted by molar-refractivity contribution is -0.161. The molecule has 2 saturated heterocycles. The van der Waals surface area contributed by atoms with E-state index in [-0.39, 0.29) is 36.8 Å². The molecule has 2 fully saturated rings. The minimum Gasteiger partial charge on any atom is -0.360 e. The van der Waals surface area contributed by atoms with Crippen molar-refractivity contribution < 1.29 is 22.7 Å². The highest BCUT2D eigenvalue weighted by atomic mass is 32.2. The van der Waals surface area contributed by atoms with Crippen molar-refractivity contribution >= 4 is 17.7 Å². The monoisotopic (exact) mass is 338 g/mol. The van der Waals surface area contributed by atoms with Crippen molar-refractivity contribution in [2.75, 3.05) is 32.7 Å². The number of rotatable bonds is 3. The molecule has 22 heavy (non-hydrogen) atoms. The van der Waals surface area contributed by atoms with Gasteiger partial charge in [-0.05, 0) is 31.1 Å². The number of carbonyl (C=O) groups excluding carboxylic acids is 1. The Balaban J connectivity index is 1.79. The molecule has 3 atom stereocenters. The van der Waals surface area contributed by atoms with Gasteiger partial charge in [0.1, 0.15) is 12.8 Å². The fourth-order valence-electron chi connectivity index (χ4n) is 2.59. The number of amides is 1. The summed E-state index contributed by atoms with van der Waals surface area (Å²) in [5.74, 6) is -0.179. The summed E-state index contributed by atoms with van der Waals surface area (Å²) in [5, 5.41) is 2.77. The minimum atomic E-state index is -4.19. The maximum Gasteiger partial charge on any atom is 0.403 e. The van der Waals surface area contributed by atoms with Crippen molar-refractivity contribution in [1.29, 1.82) is 0 Å². The largest absolute Gasteiger partial charge is 0.403 e. The molecule has 0 spiro atoms. The van der Waals surface area contributed by atoms with E-state index in [1.807, 2.05) is 6.26 Å². The van der Waals surface area contributed by atoms with Gasteiger partial charge in [0.2, 0.25) is 5.91 Å². The fourth-order valence-corrected chi connectivity index (χ4v) is 3.15. The van der Waals surface area contributed by atoms with Crippen molar-refractivity contribution in [3.8, 4) is 0 Å². The van der Waals surface area contributed by atoms with Gasteiger partial charge in [-0.3, -0.25) is 4.79 Å². The summed E-state index contributed by atoms with van der Waals surface area (Å²) in [5.41, 5.74) is 0. The first-order valence-electron chi connectivity index (χ1n) is 7.28. The van der Waals surface area contributed by atoms with E-state index in [0.717, 1.165) is 0 Å². The summed E-state index contributed by atoms with van der Waals surface area (Å²) in [4.78, 5) is 13.7. The molecule has 8 heteroatoms. The molecule has 126 valence electrons. The molecule has 0 aliphatic carbocycles. The third-order valence-electron chi connectivity index (χ3n) is 3.98. The van der Waals surface area contributed by atoms with Crippen LogP contribution in [-0.4, -0.2) is 61.0 Å². The van der Waals surface area contributed by atoms with Gasteiger partial charge < -0.3 is 15.0 Å². The highest BCUT2D eigenvalue weighted by Gasteiger charge is 2.41. The van der Waals surface area contributed by atoms with Crippen LogP contribution in [0.3, 0.4) is 0 Å². The molecule has 2 rings (SSSR count). The maximum atomic E-state index is 12.5. The zero-order valence-corrected chi connectivity index (χ0v) is 13.3. The Hall–Kier alpha value is -0.730. The van der Waals surface area contributed by atoms with E-state index in [9.17, 15) is 18.0 Å². The molecule has 0 radical (unpaired) electrons. The lowest BCUT2D eigenvalue weighted by atomic mass is 9.94. The molecule has 0 saturated carbocycles. The molecule has 4 nitrogen and oxygen atoms in total. The van der Waals surface area contributed by atoms with Gasteiger partial charge in [-0.15, -0.1) is 0 Å². The van der Waals surface area contributed by atoms with Crippen LogP contribution in [0.15, 0.2) is 12.2 Å². The van der Waals surface area contributed by atoms with Crippen LogP contribution in [0.2, 0.25) is 0 Å². The lowest BCUT2D eigenvalue weighted by Crippen LogP contribution is -2.47. The van der Waals surface area contributed by atoms with E-state index < -0.39 is 12.2 Å². The van der Waals surface area contributed by atoms with Gasteiger partial charge in [0, 0.05) is 18.3 Å². The van der Waals surface area contributed by atoms with E-state index in [1.165, 1.54) is 6.08 Å². The molecule has 1 amide bonds. The SMILES string of the molecule is CSC1COCN(C(=O)/C=C/C2CCC(C(F)(F)F)NC2)C1. The Morgan fingerprint density at radius 2 is 2.18 bits per heavy atom. The summed E-state index contributed by atoms with van der Waals surface area (Å²) in [6.07, 6.45) is 1.45. The number of halogens is 3. The van der Waals surface area contributed by atoms with E-state index in [0.29, 0.717) is 19.6 Å². The van der Waals surface area contributed by atoms with Gasteiger partial charge >= 0.3 is 6.18 Å². The Morgan fingerprint density at radius 1 is 1.41 bits per heavy atom. The molecular formula is C14H21F3N2O2S. The summed E-state index contributed by atoms with van der Waals surface area (Å²) in [7, 11) is 0. The normalized spacial score (nSPS) is 30.7. The molecule has 0 bridgehead atoms. The minimum absolute atomic E-state index is 0.0374. The fraction of sp³-hybridized carbons (Fsp3) is 0.786. The summed E-state index contributed by atoms with van der Waals surface area (Å²) in [6, 6.07) is -1.43. The summed E-state index contributed by atoms with van der Waals surface area (Å²) < 4.78 is 43.0. The second-order valence-corrected chi connectivity index (χ2v) is 6.76. The second kappa shape index (κ2) is 7.70. The quantitative estimate of drug-likeness (QED) is 0.800. The maximum absolute atomic E-state index is 12.5. The topological polar surface area (TPSA) is 41.6 Å². The summed E-state index contributed by atoms with van der Waals surface area (Å²) in [6.45, 7) is 1.81. The number of thioether (sulfide) groups is 1. The van der Waals surface area contributed by atoms with E-state index in [1.54, 1.807) is 22.7 Å². The van der Waals surface area contributed by atoms with Crippen LogP contribution in [0, 0.1) is 5.92 Å². The number of carbonyl (C=O) groups is 1. The van der Waals surface area contributed by atoms with Gasteiger partial charge in [0.15, 0.2) is 0 Å².